The van der Waals surface area contributed by atoms with Gasteiger partial charge in [-0.05, 0) is 49.4 Å². The third-order valence-electron chi connectivity index (χ3n) is 5.84. The molecule has 4 rings (SSSR count). The van der Waals surface area contributed by atoms with Crippen molar-refractivity contribution in [2.75, 3.05) is 24.6 Å². The Morgan fingerprint density at radius 3 is 2.77 bits per heavy atom. The Bertz CT molecular complexity index is 806. The molecule has 1 saturated carbocycles. The predicted octanol–water partition coefficient (Wildman–Crippen LogP) is 2.32. The third-order valence-corrected chi connectivity index (χ3v) is 7.76. The number of nitrogens with zero attached hydrogens (tertiary/aromatic N) is 2. The second-order valence-corrected chi connectivity index (χ2v) is 9.33. The number of morpholine rings is 1. The average molecular weight is 378 g/mol. The van der Waals surface area contributed by atoms with Crippen LogP contribution < -0.4 is 4.90 Å². The van der Waals surface area contributed by atoms with Crippen LogP contribution in [0, 0.1) is 0 Å². The molecule has 142 valence electrons. The van der Waals surface area contributed by atoms with Gasteiger partial charge in [-0.2, -0.15) is 4.31 Å². The van der Waals surface area contributed by atoms with Gasteiger partial charge in [0.25, 0.3) is 0 Å². The first kappa shape index (κ1) is 17.9. The molecule has 1 aromatic rings. The van der Waals surface area contributed by atoms with E-state index in [4.69, 9.17) is 4.74 Å². The molecule has 2 unspecified atom stereocenters. The summed E-state index contributed by atoms with van der Waals surface area (Å²) >= 11 is 0. The number of rotatable bonds is 2. The Kier molecular flexibility index (Phi) is 4.79. The summed E-state index contributed by atoms with van der Waals surface area (Å²) < 4.78 is 34.2. The van der Waals surface area contributed by atoms with Gasteiger partial charge in [-0.15, -0.1) is 0 Å². The second kappa shape index (κ2) is 6.94. The zero-order chi connectivity index (χ0) is 18.3. The van der Waals surface area contributed by atoms with Gasteiger partial charge in [0, 0.05) is 25.7 Å². The Balaban J connectivity index is 1.67. The van der Waals surface area contributed by atoms with Gasteiger partial charge in [-0.25, -0.2) is 8.42 Å². The van der Waals surface area contributed by atoms with Crippen molar-refractivity contribution >= 4 is 21.6 Å². The molecular weight excluding hydrogens is 352 g/mol. The maximum absolute atomic E-state index is 13.3. The largest absolute Gasteiger partial charge is 0.375 e. The van der Waals surface area contributed by atoms with Gasteiger partial charge in [-0.3, -0.25) is 4.79 Å². The number of anilines is 1. The highest BCUT2D eigenvalue weighted by atomic mass is 32.2. The van der Waals surface area contributed by atoms with Gasteiger partial charge in [0.15, 0.2) is 0 Å². The van der Waals surface area contributed by atoms with Gasteiger partial charge in [-0.1, -0.05) is 12.8 Å². The van der Waals surface area contributed by atoms with Crippen LogP contribution in [0.15, 0.2) is 23.1 Å². The van der Waals surface area contributed by atoms with Crippen molar-refractivity contribution in [3.05, 3.63) is 23.8 Å². The maximum Gasteiger partial charge on any atom is 0.243 e. The summed E-state index contributed by atoms with van der Waals surface area (Å²) in [5, 5.41) is 0. The van der Waals surface area contributed by atoms with Crippen molar-refractivity contribution < 1.29 is 17.9 Å². The summed E-state index contributed by atoms with van der Waals surface area (Å²) in [6, 6.07) is 5.17. The van der Waals surface area contributed by atoms with Crippen LogP contribution in [0.3, 0.4) is 0 Å². The van der Waals surface area contributed by atoms with Crippen LogP contribution in [0.2, 0.25) is 0 Å². The van der Waals surface area contributed by atoms with Crippen molar-refractivity contribution in [3.63, 3.8) is 0 Å². The van der Waals surface area contributed by atoms with E-state index in [0.29, 0.717) is 24.6 Å². The minimum Gasteiger partial charge on any atom is -0.375 e. The van der Waals surface area contributed by atoms with Crippen LogP contribution in [-0.2, 0) is 26.0 Å². The summed E-state index contributed by atoms with van der Waals surface area (Å²) in [6.07, 6.45) is 5.65. The first-order chi connectivity index (χ1) is 12.5. The summed E-state index contributed by atoms with van der Waals surface area (Å²) in [6.45, 7) is 3.13. The van der Waals surface area contributed by atoms with E-state index >= 15 is 0 Å². The number of aryl methyl sites for hydroxylation is 1. The fourth-order valence-corrected chi connectivity index (χ4v) is 6.27. The van der Waals surface area contributed by atoms with E-state index in [2.05, 4.69) is 0 Å². The number of fused-ring (bicyclic) bond motifs is 2. The Labute approximate surface area is 155 Å². The van der Waals surface area contributed by atoms with Gasteiger partial charge >= 0.3 is 0 Å². The fraction of sp³-hybridized carbons (Fsp3) is 0.632. The van der Waals surface area contributed by atoms with Crippen molar-refractivity contribution in [2.45, 2.75) is 62.5 Å². The van der Waals surface area contributed by atoms with E-state index in [1.165, 1.54) is 0 Å². The van der Waals surface area contributed by atoms with E-state index in [-0.39, 0.29) is 18.1 Å². The lowest BCUT2D eigenvalue weighted by atomic mass is 9.91. The second-order valence-electron chi connectivity index (χ2n) is 7.44. The first-order valence-electron chi connectivity index (χ1n) is 9.53. The summed E-state index contributed by atoms with van der Waals surface area (Å²) in [7, 11) is -3.55. The lowest BCUT2D eigenvalue weighted by Crippen LogP contribution is -2.54. The monoisotopic (exact) mass is 378 g/mol. The highest BCUT2D eigenvalue weighted by molar-refractivity contribution is 7.89. The minimum absolute atomic E-state index is 0.000200. The van der Waals surface area contributed by atoms with Crippen molar-refractivity contribution in [1.82, 2.24) is 4.31 Å². The molecule has 1 aromatic carbocycles. The SMILES string of the molecule is CC(=O)N1CCCc2cc(S(=O)(=O)N3CCOC4CCCCC43)ccc21. The molecule has 26 heavy (non-hydrogen) atoms. The number of hydrogen-bond acceptors (Lipinski definition) is 4. The van der Waals surface area contributed by atoms with Crippen molar-refractivity contribution in [2.24, 2.45) is 0 Å². The Morgan fingerprint density at radius 1 is 1.15 bits per heavy atom. The number of amides is 1. The molecule has 1 saturated heterocycles. The number of sulfonamides is 1. The standard InChI is InChI=1S/C19H26N2O4S/c1-14(22)20-10-4-5-15-13-16(8-9-17(15)20)26(23,24)21-11-12-25-19-7-3-2-6-18(19)21/h8-9,13,18-19H,2-7,10-12H2,1H3. The molecule has 0 N–H and O–H groups in total. The lowest BCUT2D eigenvalue weighted by molar-refractivity contribution is -0.116. The van der Waals surface area contributed by atoms with Crippen LogP contribution in [0.25, 0.3) is 0 Å². The van der Waals surface area contributed by atoms with Gasteiger partial charge in [0.1, 0.15) is 0 Å². The summed E-state index contributed by atoms with van der Waals surface area (Å²) in [4.78, 5) is 13.9. The van der Waals surface area contributed by atoms with Gasteiger partial charge in [0.05, 0.1) is 23.6 Å². The molecule has 2 aliphatic heterocycles. The zero-order valence-corrected chi connectivity index (χ0v) is 16.0. The van der Waals surface area contributed by atoms with Crippen molar-refractivity contribution in [1.29, 1.82) is 0 Å². The van der Waals surface area contributed by atoms with Crippen LogP contribution >= 0.6 is 0 Å². The molecule has 0 aromatic heterocycles. The minimum atomic E-state index is -3.55. The molecule has 2 heterocycles. The molecule has 1 aliphatic carbocycles. The topological polar surface area (TPSA) is 66.9 Å². The Morgan fingerprint density at radius 2 is 1.96 bits per heavy atom. The van der Waals surface area contributed by atoms with Crippen LogP contribution in [0.5, 0.6) is 0 Å². The predicted molar refractivity (Wildman–Crippen MR) is 98.7 cm³/mol. The van der Waals surface area contributed by atoms with Crippen LogP contribution in [-0.4, -0.2) is 50.5 Å². The molecule has 3 aliphatic rings. The zero-order valence-electron chi connectivity index (χ0n) is 15.2. The van der Waals surface area contributed by atoms with Crippen LogP contribution in [0.1, 0.15) is 44.6 Å². The summed E-state index contributed by atoms with van der Waals surface area (Å²) in [5.74, 6) is -0.000200. The van der Waals surface area contributed by atoms with E-state index in [9.17, 15) is 13.2 Å². The molecule has 1 amide bonds. The quantitative estimate of drug-likeness (QED) is 0.792. The molecule has 0 spiro atoms. The van der Waals surface area contributed by atoms with Crippen LogP contribution in [0.4, 0.5) is 5.69 Å². The molecule has 6 nitrogen and oxygen atoms in total. The number of ether oxygens (including phenoxy) is 1. The molecule has 7 heteroatoms. The third kappa shape index (κ3) is 3.06. The molecule has 2 fully saturated rings. The van der Waals surface area contributed by atoms with Gasteiger partial charge in [0.2, 0.25) is 15.9 Å². The molecular formula is C19H26N2O4S. The number of carbonyl (C=O) groups is 1. The van der Waals surface area contributed by atoms with E-state index in [0.717, 1.165) is 49.8 Å². The number of hydrogen-bond donors (Lipinski definition) is 0. The van der Waals surface area contributed by atoms with E-state index < -0.39 is 10.0 Å². The highest BCUT2D eigenvalue weighted by Gasteiger charge is 2.41. The number of benzene rings is 1. The lowest BCUT2D eigenvalue weighted by Gasteiger charge is -2.42. The summed E-state index contributed by atoms with van der Waals surface area (Å²) in [5.41, 5.74) is 1.79. The number of carbonyl (C=O) groups excluding carboxylic acids is 1. The molecule has 0 radical (unpaired) electrons. The molecule has 2 atom stereocenters. The first-order valence-corrected chi connectivity index (χ1v) is 11.0. The normalized spacial score (nSPS) is 26.9. The van der Waals surface area contributed by atoms with E-state index in [1.54, 1.807) is 34.3 Å². The maximum atomic E-state index is 13.3. The molecule has 0 bridgehead atoms. The fourth-order valence-electron chi connectivity index (χ4n) is 4.56. The average Bonchev–Trinajstić information content (AvgIpc) is 2.66. The Hall–Kier alpha value is -1.44. The smallest absolute Gasteiger partial charge is 0.243 e. The van der Waals surface area contributed by atoms with Crippen molar-refractivity contribution in [3.8, 4) is 0 Å². The highest BCUT2D eigenvalue weighted by Crippen LogP contribution is 2.35. The van der Waals surface area contributed by atoms with Gasteiger partial charge < -0.3 is 9.64 Å². The van der Waals surface area contributed by atoms with E-state index in [1.807, 2.05) is 0 Å².